The zero-order valence-corrected chi connectivity index (χ0v) is 10.3. The Kier molecular flexibility index (Phi) is 3.84. The Balaban J connectivity index is 2.31. The molecule has 1 unspecified atom stereocenters. The summed E-state index contributed by atoms with van der Waals surface area (Å²) in [5.41, 5.74) is 0.473. The molecule has 2 rings (SSSR count). The predicted molar refractivity (Wildman–Crippen MR) is 63.5 cm³/mol. The number of anilines is 1. The third kappa shape index (κ3) is 2.69. The van der Waals surface area contributed by atoms with Crippen molar-refractivity contribution in [2.45, 2.75) is 18.9 Å². The summed E-state index contributed by atoms with van der Waals surface area (Å²) < 4.78 is 33.0. The van der Waals surface area contributed by atoms with Crippen molar-refractivity contribution in [3.8, 4) is 0 Å². The Labute approximate surface area is 104 Å². The maximum Gasteiger partial charge on any atom is 0.149 e. The molecular weight excluding hydrogens is 248 g/mol. The van der Waals surface area contributed by atoms with Crippen LogP contribution >= 0.6 is 11.6 Å². The number of halogens is 3. The van der Waals surface area contributed by atoms with Gasteiger partial charge in [-0.15, -0.1) is 11.6 Å². The van der Waals surface area contributed by atoms with Gasteiger partial charge in [0.1, 0.15) is 17.3 Å². The van der Waals surface area contributed by atoms with E-state index in [1.807, 2.05) is 6.92 Å². The van der Waals surface area contributed by atoms with Crippen molar-refractivity contribution in [3.63, 3.8) is 0 Å². The molecule has 1 saturated heterocycles. The van der Waals surface area contributed by atoms with Crippen molar-refractivity contribution < 1.29 is 13.5 Å². The first-order valence-electron chi connectivity index (χ1n) is 5.52. The topological polar surface area (TPSA) is 12.5 Å². The van der Waals surface area contributed by atoms with Crippen LogP contribution in [0.4, 0.5) is 14.5 Å². The highest BCUT2D eigenvalue weighted by Crippen LogP contribution is 2.27. The fourth-order valence-corrected chi connectivity index (χ4v) is 2.17. The number of ether oxygens (including phenoxy) is 1. The second-order valence-corrected chi connectivity index (χ2v) is 4.44. The second-order valence-electron chi connectivity index (χ2n) is 4.17. The Morgan fingerprint density at radius 2 is 2.06 bits per heavy atom. The molecule has 0 bridgehead atoms. The van der Waals surface area contributed by atoms with Crippen LogP contribution in [0, 0.1) is 11.6 Å². The molecule has 1 aromatic rings. The molecule has 0 saturated carbocycles. The highest BCUT2D eigenvalue weighted by Gasteiger charge is 2.23. The normalized spacial score (nSPS) is 20.7. The highest BCUT2D eigenvalue weighted by molar-refractivity contribution is 6.17. The van der Waals surface area contributed by atoms with Crippen LogP contribution in [-0.4, -0.2) is 25.8 Å². The molecule has 0 N–H and O–H groups in total. The van der Waals surface area contributed by atoms with E-state index in [0.29, 0.717) is 25.3 Å². The average Bonchev–Trinajstić information content (AvgIpc) is 2.28. The largest absolute Gasteiger partial charge is 0.375 e. The lowest BCUT2D eigenvalue weighted by atomic mass is 10.1. The number of nitrogens with zero attached hydrogens (tertiary/aromatic N) is 1. The minimum absolute atomic E-state index is 0.0183. The van der Waals surface area contributed by atoms with Crippen LogP contribution < -0.4 is 4.90 Å². The van der Waals surface area contributed by atoms with Crippen LogP contribution in [-0.2, 0) is 10.6 Å². The fourth-order valence-electron chi connectivity index (χ4n) is 2.02. The van der Waals surface area contributed by atoms with Gasteiger partial charge >= 0.3 is 0 Å². The van der Waals surface area contributed by atoms with E-state index in [0.717, 1.165) is 0 Å². The second kappa shape index (κ2) is 5.19. The molecule has 5 heteroatoms. The van der Waals surface area contributed by atoms with Gasteiger partial charge in [-0.3, -0.25) is 0 Å². The lowest BCUT2D eigenvalue weighted by Gasteiger charge is -2.33. The molecule has 17 heavy (non-hydrogen) atoms. The quantitative estimate of drug-likeness (QED) is 0.759. The number of rotatable bonds is 2. The van der Waals surface area contributed by atoms with E-state index >= 15 is 0 Å². The average molecular weight is 262 g/mol. The lowest BCUT2D eigenvalue weighted by molar-refractivity contribution is 0.0527. The maximum absolute atomic E-state index is 13.8. The lowest BCUT2D eigenvalue weighted by Crippen LogP contribution is -2.42. The van der Waals surface area contributed by atoms with E-state index in [9.17, 15) is 8.78 Å². The first-order valence-corrected chi connectivity index (χ1v) is 6.05. The monoisotopic (exact) mass is 261 g/mol. The molecule has 0 radical (unpaired) electrons. The molecule has 1 aliphatic heterocycles. The SMILES string of the molecule is CC1CN(c2c(F)cc(CCl)cc2F)CCO1. The minimum atomic E-state index is -0.560. The van der Waals surface area contributed by atoms with Gasteiger partial charge in [0.2, 0.25) is 0 Å². The molecular formula is C12H14ClF2NO. The van der Waals surface area contributed by atoms with E-state index in [1.165, 1.54) is 12.1 Å². The summed E-state index contributed by atoms with van der Waals surface area (Å²) in [6.07, 6.45) is -0.0183. The Hall–Kier alpha value is -0.870. The summed E-state index contributed by atoms with van der Waals surface area (Å²) in [5, 5.41) is 0. The van der Waals surface area contributed by atoms with Crippen molar-refractivity contribution in [2.75, 3.05) is 24.6 Å². The minimum Gasteiger partial charge on any atom is -0.375 e. The van der Waals surface area contributed by atoms with E-state index in [4.69, 9.17) is 16.3 Å². The van der Waals surface area contributed by atoms with Gasteiger partial charge in [0, 0.05) is 19.0 Å². The molecule has 1 aliphatic rings. The smallest absolute Gasteiger partial charge is 0.149 e. The van der Waals surface area contributed by atoms with E-state index in [1.54, 1.807) is 4.90 Å². The predicted octanol–water partition coefficient (Wildman–Crippen LogP) is 2.93. The van der Waals surface area contributed by atoms with E-state index in [2.05, 4.69) is 0 Å². The summed E-state index contributed by atoms with van der Waals surface area (Å²) in [6, 6.07) is 2.57. The van der Waals surface area contributed by atoms with Crippen LogP contribution in [0.1, 0.15) is 12.5 Å². The third-order valence-electron chi connectivity index (χ3n) is 2.79. The van der Waals surface area contributed by atoms with Crippen molar-refractivity contribution in [2.24, 2.45) is 0 Å². The van der Waals surface area contributed by atoms with Gasteiger partial charge in [0.05, 0.1) is 12.7 Å². The Bertz CT molecular complexity index is 390. The van der Waals surface area contributed by atoms with E-state index in [-0.39, 0.29) is 17.7 Å². The van der Waals surface area contributed by atoms with Gasteiger partial charge in [-0.1, -0.05) is 0 Å². The van der Waals surface area contributed by atoms with Gasteiger partial charge in [-0.05, 0) is 24.6 Å². The van der Waals surface area contributed by atoms with Gasteiger partial charge < -0.3 is 9.64 Å². The van der Waals surface area contributed by atoms with Crippen LogP contribution in [0.15, 0.2) is 12.1 Å². The fraction of sp³-hybridized carbons (Fsp3) is 0.500. The van der Waals surface area contributed by atoms with Crippen molar-refractivity contribution in [3.05, 3.63) is 29.3 Å². The first kappa shape index (κ1) is 12.6. The summed E-state index contributed by atoms with van der Waals surface area (Å²) in [6.45, 7) is 3.36. The van der Waals surface area contributed by atoms with Crippen LogP contribution in [0.5, 0.6) is 0 Å². The van der Waals surface area contributed by atoms with Crippen LogP contribution in [0.2, 0.25) is 0 Å². The van der Waals surface area contributed by atoms with Crippen LogP contribution in [0.3, 0.4) is 0 Å². The van der Waals surface area contributed by atoms with Gasteiger partial charge in [-0.25, -0.2) is 8.78 Å². The van der Waals surface area contributed by atoms with Crippen molar-refractivity contribution in [1.29, 1.82) is 0 Å². The number of hydrogen-bond donors (Lipinski definition) is 0. The molecule has 0 aliphatic carbocycles. The molecule has 94 valence electrons. The van der Waals surface area contributed by atoms with Crippen LogP contribution in [0.25, 0.3) is 0 Å². The summed E-state index contributed by atoms with van der Waals surface area (Å²) in [4.78, 5) is 1.68. The zero-order chi connectivity index (χ0) is 12.4. The van der Waals surface area contributed by atoms with E-state index < -0.39 is 11.6 Å². The number of alkyl halides is 1. The molecule has 1 fully saturated rings. The standard InChI is InChI=1S/C12H14ClF2NO/c1-8-7-16(2-3-17-8)12-10(14)4-9(6-13)5-11(12)15/h4-5,8H,2-3,6-7H2,1H3. The Morgan fingerprint density at radius 1 is 1.41 bits per heavy atom. The van der Waals surface area contributed by atoms with Gasteiger partial charge in [0.25, 0.3) is 0 Å². The molecule has 0 aromatic heterocycles. The van der Waals surface area contributed by atoms with Gasteiger partial charge in [-0.2, -0.15) is 0 Å². The summed E-state index contributed by atoms with van der Waals surface area (Å²) in [7, 11) is 0. The zero-order valence-electron chi connectivity index (χ0n) is 9.55. The number of hydrogen-bond acceptors (Lipinski definition) is 2. The number of benzene rings is 1. The third-order valence-corrected chi connectivity index (χ3v) is 3.10. The molecule has 1 atom stereocenters. The van der Waals surface area contributed by atoms with Crippen molar-refractivity contribution in [1.82, 2.24) is 0 Å². The van der Waals surface area contributed by atoms with Gasteiger partial charge in [0.15, 0.2) is 0 Å². The summed E-state index contributed by atoms with van der Waals surface area (Å²) >= 11 is 5.57. The van der Waals surface area contributed by atoms with Crippen molar-refractivity contribution >= 4 is 17.3 Å². The molecule has 1 aromatic carbocycles. The maximum atomic E-state index is 13.8. The Morgan fingerprint density at radius 3 is 2.59 bits per heavy atom. The molecule has 0 amide bonds. The highest BCUT2D eigenvalue weighted by atomic mass is 35.5. The molecule has 0 spiro atoms. The molecule has 1 heterocycles. The number of morpholine rings is 1. The molecule has 2 nitrogen and oxygen atoms in total. The summed E-state index contributed by atoms with van der Waals surface area (Å²) in [5.74, 6) is -1.02. The first-order chi connectivity index (χ1) is 8.11.